The van der Waals surface area contributed by atoms with Gasteiger partial charge in [0.2, 0.25) is 5.91 Å². The SMILES string of the molecule is C[C@H]1C[C@@H](C(=O)N2CCCN(c3nccs3)CC2)CCN1.Cl. The van der Waals surface area contributed by atoms with E-state index in [0.29, 0.717) is 11.9 Å². The van der Waals surface area contributed by atoms with Crippen molar-refractivity contribution in [3.63, 3.8) is 0 Å². The van der Waals surface area contributed by atoms with Crippen LogP contribution in [0.15, 0.2) is 11.6 Å². The summed E-state index contributed by atoms with van der Waals surface area (Å²) in [5, 5.41) is 6.52. The van der Waals surface area contributed by atoms with Crippen molar-refractivity contribution < 1.29 is 4.79 Å². The summed E-state index contributed by atoms with van der Waals surface area (Å²) in [6.07, 6.45) is 4.84. The number of thiazole rings is 1. The highest BCUT2D eigenvalue weighted by Crippen LogP contribution is 2.22. The van der Waals surface area contributed by atoms with Crippen molar-refractivity contribution in [1.82, 2.24) is 15.2 Å². The van der Waals surface area contributed by atoms with Crippen molar-refractivity contribution in [2.45, 2.75) is 32.2 Å². The van der Waals surface area contributed by atoms with Crippen LogP contribution in [0.2, 0.25) is 0 Å². The molecule has 7 heteroatoms. The number of amides is 1. The second kappa shape index (κ2) is 8.13. The van der Waals surface area contributed by atoms with Gasteiger partial charge in [-0.05, 0) is 32.7 Å². The van der Waals surface area contributed by atoms with E-state index in [0.717, 1.165) is 57.1 Å². The standard InChI is InChI=1S/C15H24N4OS.ClH/c1-12-11-13(3-4-16-12)14(20)18-6-2-7-19(9-8-18)15-17-5-10-21-15;/h5,10,12-13,16H,2-4,6-9,11H2,1H3;1H/t12-,13-;/m0./s1. The van der Waals surface area contributed by atoms with E-state index < -0.39 is 0 Å². The van der Waals surface area contributed by atoms with Gasteiger partial charge in [0.25, 0.3) is 0 Å². The largest absolute Gasteiger partial charge is 0.346 e. The van der Waals surface area contributed by atoms with E-state index in [1.54, 1.807) is 11.3 Å². The number of aromatic nitrogens is 1. The van der Waals surface area contributed by atoms with Crippen LogP contribution in [0.3, 0.4) is 0 Å². The van der Waals surface area contributed by atoms with Gasteiger partial charge in [-0.15, -0.1) is 23.7 Å². The Morgan fingerprint density at radius 3 is 2.95 bits per heavy atom. The van der Waals surface area contributed by atoms with Crippen molar-refractivity contribution in [2.24, 2.45) is 5.92 Å². The predicted octanol–water partition coefficient (Wildman–Crippen LogP) is 1.99. The first kappa shape index (κ1) is 17.5. The zero-order valence-corrected chi connectivity index (χ0v) is 14.7. The Morgan fingerprint density at radius 1 is 1.36 bits per heavy atom. The highest BCUT2D eigenvalue weighted by Gasteiger charge is 2.29. The summed E-state index contributed by atoms with van der Waals surface area (Å²) in [5.74, 6) is 0.581. The zero-order valence-electron chi connectivity index (χ0n) is 13.0. The number of rotatable bonds is 2. The summed E-state index contributed by atoms with van der Waals surface area (Å²) in [6, 6.07) is 0.464. The molecule has 22 heavy (non-hydrogen) atoms. The fourth-order valence-corrected chi connectivity index (χ4v) is 4.01. The Bertz CT molecular complexity index is 470. The highest BCUT2D eigenvalue weighted by molar-refractivity contribution is 7.13. The summed E-state index contributed by atoms with van der Waals surface area (Å²) < 4.78 is 0. The molecule has 1 aromatic heterocycles. The number of hydrogen-bond acceptors (Lipinski definition) is 5. The third-order valence-corrected chi connectivity index (χ3v) is 5.30. The number of anilines is 1. The van der Waals surface area contributed by atoms with E-state index >= 15 is 0 Å². The minimum atomic E-state index is 0. The molecule has 2 aliphatic rings. The number of nitrogens with zero attached hydrogens (tertiary/aromatic N) is 3. The number of carbonyl (C=O) groups is 1. The lowest BCUT2D eigenvalue weighted by atomic mass is 9.92. The van der Waals surface area contributed by atoms with Crippen molar-refractivity contribution in [1.29, 1.82) is 0 Å². The van der Waals surface area contributed by atoms with E-state index in [9.17, 15) is 4.79 Å². The molecule has 3 rings (SSSR count). The molecule has 124 valence electrons. The molecular weight excluding hydrogens is 320 g/mol. The molecule has 1 aromatic rings. The second-order valence-corrected chi connectivity index (χ2v) is 6.93. The quantitative estimate of drug-likeness (QED) is 0.891. The molecule has 1 N–H and O–H groups in total. The first-order chi connectivity index (χ1) is 10.2. The number of halogens is 1. The normalized spacial score (nSPS) is 26.2. The first-order valence-electron chi connectivity index (χ1n) is 7.90. The van der Waals surface area contributed by atoms with Gasteiger partial charge in [-0.2, -0.15) is 0 Å². The Kier molecular flexibility index (Phi) is 6.47. The summed E-state index contributed by atoms with van der Waals surface area (Å²) in [7, 11) is 0. The Balaban J connectivity index is 0.00000176. The van der Waals surface area contributed by atoms with Crippen molar-refractivity contribution in [2.75, 3.05) is 37.6 Å². The topological polar surface area (TPSA) is 48.5 Å². The average Bonchev–Trinajstić information content (AvgIpc) is 2.91. The van der Waals surface area contributed by atoms with Crippen LogP contribution >= 0.6 is 23.7 Å². The van der Waals surface area contributed by atoms with Gasteiger partial charge in [-0.25, -0.2) is 4.98 Å². The van der Waals surface area contributed by atoms with Crippen LogP contribution in [0.25, 0.3) is 0 Å². The minimum Gasteiger partial charge on any atom is -0.346 e. The van der Waals surface area contributed by atoms with Crippen molar-refractivity contribution in [3.05, 3.63) is 11.6 Å². The molecule has 0 aromatic carbocycles. The van der Waals surface area contributed by atoms with E-state index in [2.05, 4.69) is 27.0 Å². The van der Waals surface area contributed by atoms with Crippen molar-refractivity contribution in [3.8, 4) is 0 Å². The first-order valence-corrected chi connectivity index (χ1v) is 8.78. The molecule has 2 aliphatic heterocycles. The molecule has 0 radical (unpaired) electrons. The van der Waals surface area contributed by atoms with Crippen LogP contribution in [-0.2, 0) is 4.79 Å². The summed E-state index contributed by atoms with van der Waals surface area (Å²) in [5.41, 5.74) is 0. The monoisotopic (exact) mass is 344 g/mol. The number of piperidine rings is 1. The number of nitrogens with one attached hydrogen (secondary N) is 1. The van der Waals surface area contributed by atoms with Gasteiger partial charge in [0, 0.05) is 49.7 Å². The predicted molar refractivity (Wildman–Crippen MR) is 93.0 cm³/mol. The third-order valence-electron chi connectivity index (χ3n) is 4.47. The smallest absolute Gasteiger partial charge is 0.225 e. The molecule has 0 unspecified atom stereocenters. The maximum Gasteiger partial charge on any atom is 0.225 e. The Labute approximate surface area is 142 Å². The van der Waals surface area contributed by atoms with E-state index in [-0.39, 0.29) is 18.3 Å². The van der Waals surface area contributed by atoms with E-state index in [1.165, 1.54) is 0 Å². The van der Waals surface area contributed by atoms with Crippen LogP contribution in [0, 0.1) is 5.92 Å². The lowest BCUT2D eigenvalue weighted by Gasteiger charge is -2.31. The summed E-state index contributed by atoms with van der Waals surface area (Å²) in [6.45, 7) is 6.76. The van der Waals surface area contributed by atoms with Gasteiger partial charge in [0.15, 0.2) is 5.13 Å². The van der Waals surface area contributed by atoms with Crippen LogP contribution in [0.1, 0.15) is 26.2 Å². The highest BCUT2D eigenvalue weighted by atomic mass is 35.5. The fraction of sp³-hybridized carbons (Fsp3) is 0.733. The van der Waals surface area contributed by atoms with Crippen LogP contribution in [0.5, 0.6) is 0 Å². The average molecular weight is 345 g/mol. The molecule has 3 heterocycles. The third kappa shape index (κ3) is 4.12. The molecular formula is C15H25ClN4OS. The molecule has 0 bridgehead atoms. The Morgan fingerprint density at radius 2 is 2.23 bits per heavy atom. The number of hydrogen-bond donors (Lipinski definition) is 1. The Hall–Kier alpha value is -0.850. The molecule has 2 atom stereocenters. The minimum absolute atomic E-state index is 0. The molecule has 0 saturated carbocycles. The van der Waals surface area contributed by atoms with Gasteiger partial charge in [-0.3, -0.25) is 4.79 Å². The van der Waals surface area contributed by atoms with E-state index in [1.807, 2.05) is 11.6 Å². The maximum atomic E-state index is 12.7. The molecule has 2 fully saturated rings. The van der Waals surface area contributed by atoms with Crippen molar-refractivity contribution >= 4 is 34.8 Å². The van der Waals surface area contributed by atoms with Crippen LogP contribution in [0.4, 0.5) is 5.13 Å². The zero-order chi connectivity index (χ0) is 14.7. The second-order valence-electron chi connectivity index (χ2n) is 6.06. The lowest BCUT2D eigenvalue weighted by Crippen LogP contribution is -2.45. The van der Waals surface area contributed by atoms with Crippen LogP contribution < -0.4 is 10.2 Å². The summed E-state index contributed by atoms with van der Waals surface area (Å²) in [4.78, 5) is 21.5. The lowest BCUT2D eigenvalue weighted by molar-refractivity contribution is -0.136. The summed E-state index contributed by atoms with van der Waals surface area (Å²) >= 11 is 1.68. The van der Waals surface area contributed by atoms with E-state index in [4.69, 9.17) is 0 Å². The van der Waals surface area contributed by atoms with Gasteiger partial charge >= 0.3 is 0 Å². The molecule has 0 spiro atoms. The van der Waals surface area contributed by atoms with Gasteiger partial charge in [0.05, 0.1) is 0 Å². The maximum absolute atomic E-state index is 12.7. The molecule has 2 saturated heterocycles. The molecule has 1 amide bonds. The fourth-order valence-electron chi connectivity index (χ4n) is 3.32. The van der Waals surface area contributed by atoms with Gasteiger partial charge in [-0.1, -0.05) is 0 Å². The van der Waals surface area contributed by atoms with Gasteiger partial charge in [0.1, 0.15) is 0 Å². The molecule has 0 aliphatic carbocycles. The molecule has 5 nitrogen and oxygen atoms in total. The van der Waals surface area contributed by atoms with Crippen LogP contribution in [-0.4, -0.2) is 54.6 Å². The number of carbonyl (C=O) groups excluding carboxylic acids is 1. The van der Waals surface area contributed by atoms with Gasteiger partial charge < -0.3 is 15.1 Å².